The lowest BCUT2D eigenvalue weighted by Crippen LogP contribution is -2.41. The third-order valence-electron chi connectivity index (χ3n) is 3.94. The van der Waals surface area contributed by atoms with E-state index in [1.807, 2.05) is 0 Å². The Morgan fingerprint density at radius 3 is 2.17 bits per heavy atom. The summed E-state index contributed by atoms with van der Waals surface area (Å²) in [6.07, 6.45) is 0. The first kappa shape index (κ1) is 18.4. The van der Waals surface area contributed by atoms with E-state index in [1.54, 1.807) is 59.1 Å². The van der Waals surface area contributed by atoms with Crippen molar-refractivity contribution in [2.75, 3.05) is 7.11 Å². The Morgan fingerprint density at radius 2 is 1.62 bits per heavy atom. The minimum absolute atomic E-state index is 0.205. The van der Waals surface area contributed by atoms with Crippen LogP contribution in [0, 0.1) is 19.7 Å². The molecule has 2 aromatic carbocycles. The summed E-state index contributed by atoms with van der Waals surface area (Å²) in [5.41, 5.74) is 1.13. The Labute approximate surface area is 142 Å². The van der Waals surface area contributed by atoms with Gasteiger partial charge in [0, 0.05) is 0 Å². The molecule has 1 N–H and O–H groups in total. The zero-order chi connectivity index (χ0) is 18.1. The molecule has 6 heteroatoms. The predicted octanol–water partition coefficient (Wildman–Crippen LogP) is 3.66. The molecule has 24 heavy (non-hydrogen) atoms. The average molecular weight is 351 g/mol. The van der Waals surface area contributed by atoms with Crippen molar-refractivity contribution in [1.29, 1.82) is 0 Å². The number of rotatable bonds is 5. The maximum Gasteiger partial charge on any atom is 0.241 e. The molecular weight excluding hydrogens is 329 g/mol. The largest absolute Gasteiger partial charge is 0.496 e. The van der Waals surface area contributed by atoms with Crippen molar-refractivity contribution in [2.24, 2.45) is 0 Å². The van der Waals surface area contributed by atoms with E-state index in [0.717, 1.165) is 5.56 Å². The number of methoxy groups -OCH3 is 1. The highest BCUT2D eigenvalue weighted by molar-refractivity contribution is 7.89. The maximum atomic E-state index is 13.1. The van der Waals surface area contributed by atoms with Crippen LogP contribution < -0.4 is 9.46 Å². The van der Waals surface area contributed by atoms with Crippen LogP contribution in [-0.2, 0) is 15.6 Å². The van der Waals surface area contributed by atoms with E-state index < -0.39 is 15.6 Å². The van der Waals surface area contributed by atoms with Crippen LogP contribution in [0.5, 0.6) is 5.75 Å². The average Bonchev–Trinajstić information content (AvgIpc) is 2.48. The summed E-state index contributed by atoms with van der Waals surface area (Å²) in [5.74, 6) is 0.281. The van der Waals surface area contributed by atoms with Crippen molar-refractivity contribution in [2.45, 2.75) is 38.1 Å². The molecule has 0 aromatic heterocycles. The summed E-state index contributed by atoms with van der Waals surface area (Å²) >= 11 is 0. The standard InChI is InChI=1S/C18H22FNO3S/c1-12-11-17(13(2)10-16(12)23-5)24(21,22)20-18(3,4)14-6-8-15(19)9-7-14/h6-11,20H,1-5H3. The van der Waals surface area contributed by atoms with Crippen molar-refractivity contribution in [3.05, 3.63) is 58.9 Å². The molecule has 0 radical (unpaired) electrons. The fraction of sp³-hybridized carbons (Fsp3) is 0.333. The highest BCUT2D eigenvalue weighted by Gasteiger charge is 2.29. The summed E-state index contributed by atoms with van der Waals surface area (Å²) < 4.78 is 46.7. The van der Waals surface area contributed by atoms with E-state index in [9.17, 15) is 12.8 Å². The Kier molecular flexibility index (Phi) is 5.01. The van der Waals surface area contributed by atoms with Crippen molar-refractivity contribution in [3.63, 3.8) is 0 Å². The van der Waals surface area contributed by atoms with Gasteiger partial charge in [-0.2, -0.15) is 0 Å². The van der Waals surface area contributed by atoms with Gasteiger partial charge in [-0.15, -0.1) is 0 Å². The number of benzene rings is 2. The van der Waals surface area contributed by atoms with Gasteiger partial charge < -0.3 is 4.74 Å². The van der Waals surface area contributed by atoms with Crippen LogP contribution in [0.15, 0.2) is 41.3 Å². The van der Waals surface area contributed by atoms with Crippen LogP contribution in [0.3, 0.4) is 0 Å². The van der Waals surface area contributed by atoms with E-state index in [1.165, 1.54) is 12.1 Å². The number of sulfonamides is 1. The Hall–Kier alpha value is -1.92. The first-order valence-corrected chi connectivity index (χ1v) is 9.00. The van der Waals surface area contributed by atoms with Crippen molar-refractivity contribution < 1.29 is 17.5 Å². The number of nitrogens with one attached hydrogen (secondary N) is 1. The summed E-state index contributed by atoms with van der Waals surface area (Å²) in [6, 6.07) is 9.07. The number of hydrogen-bond donors (Lipinski definition) is 1. The summed E-state index contributed by atoms with van der Waals surface area (Å²) in [5, 5.41) is 0. The maximum absolute atomic E-state index is 13.1. The molecule has 0 heterocycles. The lowest BCUT2D eigenvalue weighted by Gasteiger charge is -2.27. The third-order valence-corrected chi connectivity index (χ3v) is 5.74. The molecule has 0 fully saturated rings. The second-order valence-electron chi connectivity index (χ2n) is 6.32. The summed E-state index contributed by atoms with van der Waals surface area (Å²) in [7, 11) is -2.21. The van der Waals surface area contributed by atoms with Gasteiger partial charge in [0.1, 0.15) is 11.6 Å². The van der Waals surface area contributed by atoms with Crippen LogP contribution in [0.4, 0.5) is 4.39 Å². The normalized spacial score (nSPS) is 12.2. The monoisotopic (exact) mass is 351 g/mol. The van der Waals surface area contributed by atoms with Crippen molar-refractivity contribution in [1.82, 2.24) is 4.72 Å². The zero-order valence-electron chi connectivity index (χ0n) is 14.5. The van der Waals surface area contributed by atoms with E-state index >= 15 is 0 Å². The first-order valence-electron chi connectivity index (χ1n) is 7.52. The fourth-order valence-electron chi connectivity index (χ4n) is 2.59. The Balaban J connectivity index is 2.41. The van der Waals surface area contributed by atoms with Gasteiger partial charge in [-0.1, -0.05) is 12.1 Å². The molecule has 130 valence electrons. The number of halogens is 1. The molecule has 2 rings (SSSR count). The van der Waals surface area contributed by atoms with Crippen molar-refractivity contribution >= 4 is 10.0 Å². The van der Waals surface area contributed by atoms with E-state index in [4.69, 9.17) is 4.74 Å². The number of ether oxygens (including phenoxy) is 1. The molecule has 0 spiro atoms. The van der Waals surface area contributed by atoms with E-state index in [-0.39, 0.29) is 10.7 Å². The molecular formula is C18H22FNO3S. The van der Waals surface area contributed by atoms with Crippen LogP contribution in [-0.4, -0.2) is 15.5 Å². The zero-order valence-corrected chi connectivity index (χ0v) is 15.3. The van der Waals surface area contributed by atoms with E-state index in [2.05, 4.69) is 4.72 Å². The van der Waals surface area contributed by atoms with Crippen LogP contribution >= 0.6 is 0 Å². The highest BCUT2D eigenvalue weighted by atomic mass is 32.2. The molecule has 0 amide bonds. The predicted molar refractivity (Wildman–Crippen MR) is 92.2 cm³/mol. The first-order chi connectivity index (χ1) is 11.1. The van der Waals surface area contributed by atoms with Crippen LogP contribution in [0.25, 0.3) is 0 Å². The van der Waals surface area contributed by atoms with Crippen molar-refractivity contribution in [3.8, 4) is 5.75 Å². The Morgan fingerprint density at radius 1 is 1.04 bits per heavy atom. The van der Waals surface area contributed by atoms with Gasteiger partial charge in [0.15, 0.2) is 0 Å². The molecule has 0 aliphatic carbocycles. The third kappa shape index (κ3) is 3.76. The minimum atomic E-state index is -3.75. The van der Waals surface area contributed by atoms with Crippen LogP contribution in [0.2, 0.25) is 0 Å². The molecule has 0 aliphatic rings. The van der Waals surface area contributed by atoms with Gasteiger partial charge in [0.25, 0.3) is 0 Å². The lowest BCUT2D eigenvalue weighted by molar-refractivity contribution is 0.410. The van der Waals surface area contributed by atoms with Crippen LogP contribution in [0.1, 0.15) is 30.5 Å². The molecule has 0 aliphatic heterocycles. The van der Waals surface area contributed by atoms with Gasteiger partial charge >= 0.3 is 0 Å². The number of hydrogen-bond acceptors (Lipinski definition) is 3. The topological polar surface area (TPSA) is 55.4 Å². The van der Waals surface area contributed by atoms with E-state index in [0.29, 0.717) is 16.9 Å². The molecule has 0 unspecified atom stereocenters. The smallest absolute Gasteiger partial charge is 0.241 e. The second-order valence-corrected chi connectivity index (χ2v) is 7.98. The molecule has 0 saturated carbocycles. The lowest BCUT2D eigenvalue weighted by atomic mass is 9.96. The molecule has 0 saturated heterocycles. The molecule has 4 nitrogen and oxygen atoms in total. The summed E-state index contributed by atoms with van der Waals surface area (Å²) in [4.78, 5) is 0.205. The fourth-order valence-corrected chi connectivity index (χ4v) is 4.30. The van der Waals surface area contributed by atoms with Gasteiger partial charge in [0.05, 0.1) is 17.5 Å². The SMILES string of the molecule is COc1cc(C)c(S(=O)(=O)NC(C)(C)c2ccc(F)cc2)cc1C. The second kappa shape index (κ2) is 6.53. The number of aryl methyl sites for hydroxylation is 2. The van der Waals surface area contributed by atoms with Gasteiger partial charge in [-0.25, -0.2) is 17.5 Å². The minimum Gasteiger partial charge on any atom is -0.496 e. The van der Waals surface area contributed by atoms with Gasteiger partial charge in [0.2, 0.25) is 10.0 Å². The highest BCUT2D eigenvalue weighted by Crippen LogP contribution is 2.28. The van der Waals surface area contributed by atoms with Gasteiger partial charge in [-0.3, -0.25) is 0 Å². The molecule has 0 atom stereocenters. The quantitative estimate of drug-likeness (QED) is 0.894. The van der Waals surface area contributed by atoms with Gasteiger partial charge in [-0.05, 0) is 68.7 Å². The molecule has 2 aromatic rings. The molecule has 0 bridgehead atoms. The summed E-state index contributed by atoms with van der Waals surface area (Å²) in [6.45, 7) is 7.00. The Bertz CT molecular complexity index is 843.